The zero-order valence-electron chi connectivity index (χ0n) is 19.9. The zero-order chi connectivity index (χ0) is 25.1. The van der Waals surface area contributed by atoms with Gasteiger partial charge in [-0.1, -0.05) is 57.4 Å². The van der Waals surface area contributed by atoms with Gasteiger partial charge in [-0.3, -0.25) is 10.1 Å². The van der Waals surface area contributed by atoms with Crippen molar-refractivity contribution in [3.63, 3.8) is 0 Å². The van der Waals surface area contributed by atoms with Gasteiger partial charge in [0.25, 0.3) is 0 Å². The summed E-state index contributed by atoms with van der Waals surface area (Å²) in [4.78, 5) is 15.6. The standard InChI is InChI=1S/C25H24FNO3.C2H6.H3NS/c1-30-24-15-20(25(28)29)22(26)14-21(24)23-13-19(11-12-27-23)18-9-7-17(8-10-18)16-5-3-2-4-6-16;2*1-2/h7-16H,2-6H2,1H3,(H,28,29);1-2H3;2H,1H2. The number of hydrogen-bond acceptors (Lipinski definition) is 5. The number of aromatic nitrogens is 1. The summed E-state index contributed by atoms with van der Waals surface area (Å²) >= 11 is 3.03. The molecule has 0 aliphatic heterocycles. The van der Waals surface area contributed by atoms with Crippen LogP contribution in [0.3, 0.4) is 0 Å². The van der Waals surface area contributed by atoms with Crippen LogP contribution in [0.25, 0.3) is 22.4 Å². The van der Waals surface area contributed by atoms with Crippen LogP contribution in [0.4, 0.5) is 4.39 Å². The number of nitrogens with zero attached hydrogens (tertiary/aromatic N) is 1. The summed E-state index contributed by atoms with van der Waals surface area (Å²) < 4.78 is 19.6. The third-order valence-electron chi connectivity index (χ3n) is 5.88. The van der Waals surface area contributed by atoms with E-state index >= 15 is 0 Å². The second kappa shape index (κ2) is 13.7. The smallest absolute Gasteiger partial charge is 0.338 e. The fraction of sp³-hybridized carbons (Fsp3) is 0.333. The molecule has 0 unspecified atom stereocenters. The number of thiol groups is 1. The molecule has 0 radical (unpaired) electrons. The highest BCUT2D eigenvalue weighted by molar-refractivity contribution is 7.77. The number of methoxy groups -OCH3 is 1. The molecule has 0 atom stereocenters. The van der Waals surface area contributed by atoms with Crippen LogP contribution in [-0.2, 0) is 0 Å². The second-order valence-corrected chi connectivity index (χ2v) is 7.72. The number of halogens is 1. The van der Waals surface area contributed by atoms with Gasteiger partial charge in [-0.25, -0.2) is 9.18 Å². The SMILES string of the molecule is CC.COc1cc(C(=O)O)c(F)cc1-c1cc(-c2ccc(C3CCCCC3)cc2)ccn1.NS. The first-order valence-electron chi connectivity index (χ1n) is 11.5. The van der Waals surface area contributed by atoms with E-state index in [2.05, 4.69) is 47.2 Å². The summed E-state index contributed by atoms with van der Waals surface area (Å²) in [5.74, 6) is -1.23. The maximum Gasteiger partial charge on any atom is 0.338 e. The lowest BCUT2D eigenvalue weighted by atomic mass is 9.84. The van der Waals surface area contributed by atoms with E-state index in [9.17, 15) is 9.18 Å². The molecule has 5 nitrogen and oxygen atoms in total. The molecule has 0 spiro atoms. The molecule has 0 saturated heterocycles. The van der Waals surface area contributed by atoms with Crippen molar-refractivity contribution in [2.75, 3.05) is 7.11 Å². The van der Waals surface area contributed by atoms with Crippen LogP contribution in [0.5, 0.6) is 5.75 Å². The molecule has 1 aromatic heterocycles. The maximum absolute atomic E-state index is 14.3. The molecule has 1 heterocycles. The fourth-order valence-electron chi connectivity index (χ4n) is 4.23. The Kier molecular flexibility index (Phi) is 11.0. The van der Waals surface area contributed by atoms with Crippen molar-refractivity contribution in [3.8, 4) is 28.1 Å². The van der Waals surface area contributed by atoms with Crippen molar-refractivity contribution in [2.24, 2.45) is 5.14 Å². The van der Waals surface area contributed by atoms with Crippen LogP contribution in [0.15, 0.2) is 54.7 Å². The molecule has 182 valence electrons. The number of nitrogens with two attached hydrogens (primary N) is 1. The Morgan fingerprint density at radius 1 is 1.03 bits per heavy atom. The Bertz CT molecular complexity index is 1070. The van der Waals surface area contributed by atoms with Gasteiger partial charge < -0.3 is 9.84 Å². The predicted octanol–water partition coefficient (Wildman–Crippen LogP) is 7.13. The molecule has 2 aromatic carbocycles. The number of carboxylic acids is 1. The lowest BCUT2D eigenvalue weighted by molar-refractivity contribution is 0.0691. The second-order valence-electron chi connectivity index (χ2n) is 7.72. The lowest BCUT2D eigenvalue weighted by Gasteiger charge is -2.22. The fourth-order valence-corrected chi connectivity index (χ4v) is 4.23. The van der Waals surface area contributed by atoms with E-state index in [1.54, 1.807) is 6.20 Å². The summed E-state index contributed by atoms with van der Waals surface area (Å²) in [6.45, 7) is 4.00. The van der Waals surface area contributed by atoms with Gasteiger partial charge in [0.05, 0.1) is 18.4 Å². The largest absolute Gasteiger partial charge is 0.496 e. The van der Waals surface area contributed by atoms with Gasteiger partial charge in [0.2, 0.25) is 0 Å². The minimum absolute atomic E-state index is 0.270. The van der Waals surface area contributed by atoms with E-state index < -0.39 is 17.3 Å². The van der Waals surface area contributed by atoms with Crippen molar-refractivity contribution < 1.29 is 19.0 Å². The molecular formula is C27H33FN2O3S. The van der Waals surface area contributed by atoms with Gasteiger partial charge in [0.15, 0.2) is 0 Å². The quantitative estimate of drug-likeness (QED) is 0.336. The molecule has 0 amide bonds. The summed E-state index contributed by atoms with van der Waals surface area (Å²) in [6, 6.07) is 14.8. The summed E-state index contributed by atoms with van der Waals surface area (Å²) in [6.07, 6.45) is 8.14. The first-order valence-corrected chi connectivity index (χ1v) is 12.0. The van der Waals surface area contributed by atoms with E-state index in [-0.39, 0.29) is 5.75 Å². The van der Waals surface area contributed by atoms with E-state index in [0.29, 0.717) is 17.2 Å². The number of rotatable bonds is 5. The van der Waals surface area contributed by atoms with Crippen LogP contribution in [0.1, 0.15) is 67.8 Å². The number of ether oxygens (including phenoxy) is 1. The van der Waals surface area contributed by atoms with E-state index in [1.165, 1.54) is 56.9 Å². The van der Waals surface area contributed by atoms with Crippen LogP contribution >= 0.6 is 12.8 Å². The molecular weight excluding hydrogens is 451 g/mol. The van der Waals surface area contributed by atoms with E-state index in [0.717, 1.165) is 11.1 Å². The number of carbonyl (C=O) groups is 1. The normalized spacial score (nSPS) is 13.1. The van der Waals surface area contributed by atoms with Gasteiger partial charge >= 0.3 is 5.97 Å². The molecule has 1 aliphatic rings. The van der Waals surface area contributed by atoms with Gasteiger partial charge in [-0.15, -0.1) is 12.8 Å². The van der Waals surface area contributed by atoms with Crippen molar-refractivity contribution in [1.82, 2.24) is 4.98 Å². The first-order chi connectivity index (χ1) is 16.6. The molecule has 3 aromatic rings. The van der Waals surface area contributed by atoms with Crippen LogP contribution in [-0.4, -0.2) is 23.2 Å². The topological polar surface area (TPSA) is 85.4 Å². The lowest BCUT2D eigenvalue weighted by Crippen LogP contribution is -2.04. The molecule has 4 rings (SSSR count). The van der Waals surface area contributed by atoms with E-state index in [1.807, 2.05) is 26.0 Å². The number of pyridine rings is 1. The van der Waals surface area contributed by atoms with Crippen molar-refractivity contribution in [3.05, 3.63) is 71.7 Å². The number of benzene rings is 2. The number of aromatic carboxylic acids is 1. The molecule has 1 fully saturated rings. The van der Waals surface area contributed by atoms with Crippen LogP contribution < -0.4 is 9.88 Å². The summed E-state index contributed by atoms with van der Waals surface area (Å²) in [7, 11) is 1.43. The molecule has 34 heavy (non-hydrogen) atoms. The Morgan fingerprint density at radius 2 is 1.68 bits per heavy atom. The summed E-state index contributed by atoms with van der Waals surface area (Å²) in [5.41, 5.74) is 3.92. The third kappa shape index (κ3) is 6.58. The molecule has 3 N–H and O–H groups in total. The third-order valence-corrected chi connectivity index (χ3v) is 5.88. The molecule has 7 heteroatoms. The van der Waals surface area contributed by atoms with Crippen molar-refractivity contribution in [1.29, 1.82) is 0 Å². The van der Waals surface area contributed by atoms with Gasteiger partial charge in [-0.05, 0) is 59.7 Å². The first kappa shape index (κ1) is 27.3. The predicted molar refractivity (Wildman–Crippen MR) is 139 cm³/mol. The van der Waals surface area contributed by atoms with Crippen molar-refractivity contribution in [2.45, 2.75) is 51.9 Å². The minimum atomic E-state index is -1.34. The molecule has 1 aliphatic carbocycles. The maximum atomic E-state index is 14.3. The Morgan fingerprint density at radius 3 is 2.26 bits per heavy atom. The highest BCUT2D eigenvalue weighted by Crippen LogP contribution is 2.35. The van der Waals surface area contributed by atoms with Crippen LogP contribution in [0, 0.1) is 5.82 Å². The Hall–Kier alpha value is -2.90. The Labute approximate surface area is 206 Å². The monoisotopic (exact) mass is 484 g/mol. The average molecular weight is 485 g/mol. The van der Waals surface area contributed by atoms with Crippen molar-refractivity contribution >= 4 is 18.8 Å². The van der Waals surface area contributed by atoms with Gasteiger partial charge in [-0.2, -0.15) is 0 Å². The average Bonchev–Trinajstić information content (AvgIpc) is 2.91. The minimum Gasteiger partial charge on any atom is -0.496 e. The molecule has 0 bridgehead atoms. The van der Waals surface area contributed by atoms with Crippen LogP contribution in [0.2, 0.25) is 0 Å². The van der Waals surface area contributed by atoms with E-state index in [4.69, 9.17) is 9.84 Å². The highest BCUT2D eigenvalue weighted by atomic mass is 32.1. The van der Waals surface area contributed by atoms with Gasteiger partial charge in [0, 0.05) is 11.8 Å². The highest BCUT2D eigenvalue weighted by Gasteiger charge is 2.18. The molecule has 1 saturated carbocycles. The Balaban J connectivity index is 0.000000970. The number of carboxylic acid groups (broad SMARTS) is 1. The number of hydrogen-bond donors (Lipinski definition) is 3. The van der Waals surface area contributed by atoms with Gasteiger partial charge in [0.1, 0.15) is 11.6 Å². The summed E-state index contributed by atoms with van der Waals surface area (Å²) in [5, 5.41) is 13.3. The zero-order valence-corrected chi connectivity index (χ0v) is 20.8.